The Labute approximate surface area is 267 Å². The van der Waals surface area contributed by atoms with Crippen LogP contribution in [-0.4, -0.2) is 0 Å². The zero-order valence-corrected chi connectivity index (χ0v) is 22.4. The van der Waals surface area contributed by atoms with Gasteiger partial charge in [0.2, 0.25) is 0 Å². The number of fused-ring (bicyclic) bond motifs is 6. The van der Waals surface area contributed by atoms with Crippen LogP contribution in [0.5, 0.6) is 0 Å². The molecule has 0 saturated carbocycles. The molecule has 43 heavy (non-hydrogen) atoms. The SMILES string of the molecule is [2H]c1c(-c2ccccc2)c([2H])c2c(oc3c([2H])c([2H])c([2H])c(-c4c5ccccc5c(-c5c([2H])c([2H])c([2H])c6c([2H])c([2H])c([2H])c([2H])c56)c5ccccc45)c32)c1[2H]. The van der Waals surface area contributed by atoms with E-state index in [2.05, 4.69) is 0 Å². The summed E-state index contributed by atoms with van der Waals surface area (Å²) in [6, 6.07) is 17.4. The second-order valence-corrected chi connectivity index (χ2v) is 10.2. The first kappa shape index (κ1) is 14.5. The molecule has 0 N–H and O–H groups in total. The number of benzene rings is 8. The zero-order chi connectivity index (χ0) is 39.6. The molecule has 8 aromatic carbocycles. The van der Waals surface area contributed by atoms with E-state index in [-0.39, 0.29) is 73.6 Å². The highest BCUT2D eigenvalue weighted by molar-refractivity contribution is 6.27. The van der Waals surface area contributed by atoms with Crippen LogP contribution >= 0.6 is 0 Å². The van der Waals surface area contributed by atoms with Gasteiger partial charge in [0.05, 0.1) is 17.8 Å². The summed E-state index contributed by atoms with van der Waals surface area (Å²) in [5.74, 6) is 0. The van der Waals surface area contributed by atoms with E-state index >= 15 is 0 Å². The molecule has 0 fully saturated rings. The van der Waals surface area contributed by atoms with Gasteiger partial charge in [0.15, 0.2) is 0 Å². The average Bonchev–Trinajstić information content (AvgIpc) is 3.61. The summed E-state index contributed by atoms with van der Waals surface area (Å²) in [6.45, 7) is 0. The molecule has 0 spiro atoms. The fourth-order valence-corrected chi connectivity index (χ4v) is 6.06. The van der Waals surface area contributed by atoms with Crippen molar-refractivity contribution in [3.8, 4) is 33.4 Å². The van der Waals surface area contributed by atoms with E-state index in [1.54, 1.807) is 78.9 Å². The van der Waals surface area contributed by atoms with Gasteiger partial charge in [0.25, 0.3) is 0 Å². The van der Waals surface area contributed by atoms with Crippen molar-refractivity contribution in [2.45, 2.75) is 0 Å². The Morgan fingerprint density at radius 1 is 0.419 bits per heavy atom. The summed E-state index contributed by atoms with van der Waals surface area (Å²) in [6.07, 6.45) is 0. The molecule has 9 aromatic rings. The molecular weight excluding hydrogens is 520 g/mol. The normalized spacial score (nSPS) is 16.0. The van der Waals surface area contributed by atoms with Gasteiger partial charge in [-0.3, -0.25) is 0 Å². The van der Waals surface area contributed by atoms with E-state index in [0.717, 1.165) is 0 Å². The summed E-state index contributed by atoms with van der Waals surface area (Å²) in [5, 5.41) is 1.88. The molecule has 0 unspecified atom stereocenters. The molecule has 1 aromatic heterocycles. The van der Waals surface area contributed by atoms with E-state index in [4.69, 9.17) is 18.1 Å². The lowest BCUT2D eigenvalue weighted by Crippen LogP contribution is -1.92. The van der Waals surface area contributed by atoms with Crippen LogP contribution in [0, 0.1) is 0 Å². The topological polar surface area (TPSA) is 13.1 Å². The molecule has 0 saturated heterocycles. The van der Waals surface area contributed by atoms with Crippen molar-refractivity contribution >= 4 is 54.3 Å². The van der Waals surface area contributed by atoms with Gasteiger partial charge in [-0.2, -0.15) is 0 Å². The molecular formula is C42H26O. The van der Waals surface area contributed by atoms with Gasteiger partial charge in [0.1, 0.15) is 11.2 Å². The van der Waals surface area contributed by atoms with Crippen LogP contribution in [-0.2, 0) is 0 Å². The smallest absolute Gasteiger partial charge is 0.136 e. The Hall–Kier alpha value is -5.66. The Bertz CT molecular complexity index is 3160. The first-order valence-corrected chi connectivity index (χ1v) is 13.7. The minimum Gasteiger partial charge on any atom is -0.456 e. The first-order valence-electron chi connectivity index (χ1n) is 20.2. The Morgan fingerprint density at radius 3 is 1.77 bits per heavy atom. The van der Waals surface area contributed by atoms with Gasteiger partial charge in [-0.1, -0.05) is 139 Å². The van der Waals surface area contributed by atoms with Crippen molar-refractivity contribution in [2.75, 3.05) is 0 Å². The third-order valence-electron chi connectivity index (χ3n) is 7.88. The van der Waals surface area contributed by atoms with Crippen molar-refractivity contribution < 1.29 is 22.2 Å². The molecule has 0 radical (unpaired) electrons. The fraction of sp³-hybridized carbons (Fsp3) is 0. The van der Waals surface area contributed by atoms with Gasteiger partial charge < -0.3 is 4.42 Å². The second-order valence-electron chi connectivity index (χ2n) is 10.2. The average molecular weight is 560 g/mol. The van der Waals surface area contributed by atoms with Crippen LogP contribution in [0.2, 0.25) is 0 Å². The lowest BCUT2D eigenvalue weighted by Gasteiger charge is -2.19. The van der Waals surface area contributed by atoms with Crippen molar-refractivity contribution in [1.29, 1.82) is 0 Å². The summed E-state index contributed by atoms with van der Waals surface area (Å²) < 4.78 is 122. The van der Waals surface area contributed by atoms with E-state index in [9.17, 15) is 4.11 Å². The molecule has 0 aliphatic carbocycles. The molecule has 1 heteroatoms. The first-order chi connectivity index (χ1) is 26.8. The fourth-order valence-electron chi connectivity index (χ4n) is 6.06. The van der Waals surface area contributed by atoms with Crippen molar-refractivity contribution in [1.82, 2.24) is 0 Å². The summed E-state index contributed by atoms with van der Waals surface area (Å²) in [5.41, 5.74) is 1.38. The molecule has 0 aliphatic heterocycles. The Morgan fingerprint density at radius 2 is 1.02 bits per heavy atom. The van der Waals surface area contributed by atoms with Gasteiger partial charge >= 0.3 is 0 Å². The van der Waals surface area contributed by atoms with Gasteiger partial charge in [-0.05, 0) is 83.8 Å². The number of hydrogen-bond donors (Lipinski definition) is 0. The van der Waals surface area contributed by atoms with Crippen LogP contribution < -0.4 is 0 Å². The highest BCUT2D eigenvalue weighted by Gasteiger charge is 2.21. The monoisotopic (exact) mass is 559 g/mol. The standard InChI is InChI=1S/C42H26O/c1-2-12-27(13-3-1)29-24-25-38-37(26-29)42-36(22-11-23-39(42)43-38)41-34-19-8-6-17-32(34)40(33-18-7-9-20-35(33)41)31-21-10-15-28-14-4-5-16-30(28)31/h1-26H/i4D,5D,10D,11D,14D,15D,16D,21D,22D,23D,24D,25D,26D. The van der Waals surface area contributed by atoms with E-state index in [0.29, 0.717) is 38.2 Å². The molecule has 0 aliphatic rings. The van der Waals surface area contributed by atoms with Gasteiger partial charge in [0, 0.05) is 10.8 Å². The maximum absolute atomic E-state index is 9.50. The predicted molar refractivity (Wildman–Crippen MR) is 183 cm³/mol. The van der Waals surface area contributed by atoms with Crippen LogP contribution in [0.15, 0.2) is 162 Å². The van der Waals surface area contributed by atoms with Crippen LogP contribution in [0.25, 0.3) is 87.6 Å². The van der Waals surface area contributed by atoms with Crippen molar-refractivity contribution in [3.63, 3.8) is 0 Å². The van der Waals surface area contributed by atoms with Crippen LogP contribution in [0.1, 0.15) is 17.8 Å². The molecule has 9 rings (SSSR count). The molecule has 0 bridgehead atoms. The summed E-state index contributed by atoms with van der Waals surface area (Å²) in [7, 11) is 0. The Kier molecular flexibility index (Phi) is 3.18. The summed E-state index contributed by atoms with van der Waals surface area (Å²) >= 11 is 0. The molecule has 1 nitrogen and oxygen atoms in total. The zero-order valence-electron chi connectivity index (χ0n) is 35.4. The van der Waals surface area contributed by atoms with Gasteiger partial charge in [-0.15, -0.1) is 0 Å². The quantitative estimate of drug-likeness (QED) is 0.196. The molecule has 0 amide bonds. The third kappa shape index (κ3) is 3.65. The Balaban J connectivity index is 1.53. The van der Waals surface area contributed by atoms with Crippen molar-refractivity contribution in [2.24, 2.45) is 0 Å². The molecule has 1 heterocycles. The van der Waals surface area contributed by atoms with E-state index < -0.39 is 54.4 Å². The largest absolute Gasteiger partial charge is 0.456 e. The highest BCUT2D eigenvalue weighted by atomic mass is 16.3. The minimum absolute atomic E-state index is 0.0300. The minimum atomic E-state index is -0.565. The van der Waals surface area contributed by atoms with E-state index in [1.807, 2.05) is 0 Å². The maximum atomic E-state index is 9.50. The number of hydrogen-bond acceptors (Lipinski definition) is 1. The predicted octanol–water partition coefficient (Wildman–Crippen LogP) is 12.0. The number of furan rings is 1. The van der Waals surface area contributed by atoms with Crippen LogP contribution in [0.4, 0.5) is 0 Å². The lowest BCUT2D eigenvalue weighted by atomic mass is 9.84. The van der Waals surface area contributed by atoms with E-state index in [1.165, 1.54) is 0 Å². The lowest BCUT2D eigenvalue weighted by molar-refractivity contribution is 0.669. The van der Waals surface area contributed by atoms with Crippen LogP contribution in [0.3, 0.4) is 0 Å². The third-order valence-corrected chi connectivity index (χ3v) is 7.88. The maximum Gasteiger partial charge on any atom is 0.136 e. The van der Waals surface area contributed by atoms with Gasteiger partial charge in [-0.25, -0.2) is 0 Å². The second kappa shape index (κ2) is 9.44. The number of rotatable bonds is 3. The summed E-state index contributed by atoms with van der Waals surface area (Å²) in [4.78, 5) is 0. The highest BCUT2D eigenvalue weighted by Crippen LogP contribution is 2.48. The van der Waals surface area contributed by atoms with Crippen molar-refractivity contribution in [3.05, 3.63) is 157 Å². The molecule has 0 atom stereocenters. The molecule has 200 valence electrons.